The summed E-state index contributed by atoms with van der Waals surface area (Å²) in [5.41, 5.74) is -3.96. The molecule has 12 heteroatoms. The predicted octanol–water partition coefficient (Wildman–Crippen LogP) is 3.54. The highest BCUT2D eigenvalue weighted by atomic mass is 127. The Kier molecular flexibility index (Phi) is 9.80. The van der Waals surface area contributed by atoms with Crippen LogP contribution in [-0.4, -0.2) is 50.9 Å². The van der Waals surface area contributed by atoms with Gasteiger partial charge in [0.05, 0.1) is 6.04 Å². The number of nitrogens with zero attached hydrogens (tertiary/aromatic N) is 2. The minimum absolute atomic E-state index is 0. The number of rotatable bonds is 5. The number of nitrogens with one attached hydrogen (secondary N) is 2. The molecule has 0 saturated carbocycles. The molecule has 1 aromatic carbocycles. The van der Waals surface area contributed by atoms with E-state index in [4.69, 9.17) is 0 Å². The molecule has 1 atom stereocenters. The molecule has 1 aliphatic heterocycles. The Morgan fingerprint density at radius 3 is 2.40 bits per heavy atom. The second-order valence-electron chi connectivity index (χ2n) is 7.12. The average Bonchev–Trinajstić information content (AvgIpc) is 2.66. The third kappa shape index (κ3) is 6.67. The summed E-state index contributed by atoms with van der Waals surface area (Å²) in [5.74, 6) is 0.198. The van der Waals surface area contributed by atoms with E-state index in [-0.39, 0.29) is 54.8 Å². The maximum absolute atomic E-state index is 13.7. The van der Waals surface area contributed by atoms with Gasteiger partial charge < -0.3 is 10.6 Å². The van der Waals surface area contributed by atoms with E-state index in [2.05, 4.69) is 15.6 Å². The van der Waals surface area contributed by atoms with Crippen molar-refractivity contribution in [2.45, 2.75) is 38.2 Å². The van der Waals surface area contributed by atoms with E-state index in [1.165, 1.54) is 6.07 Å². The molecular weight excluding hydrogens is 539 g/mol. The summed E-state index contributed by atoms with van der Waals surface area (Å²) in [6.07, 6.45) is 0.635. The number of guanidine groups is 1. The van der Waals surface area contributed by atoms with Crippen LogP contribution in [0.15, 0.2) is 23.2 Å². The summed E-state index contributed by atoms with van der Waals surface area (Å²) in [7, 11) is -3.69. The van der Waals surface area contributed by atoms with Crippen molar-refractivity contribution in [1.82, 2.24) is 14.9 Å². The van der Waals surface area contributed by atoms with Gasteiger partial charge in [-0.1, -0.05) is 12.1 Å². The van der Waals surface area contributed by atoms with Gasteiger partial charge in [0.15, 0.2) is 5.96 Å². The Balaban J connectivity index is 0.00000450. The number of hydrogen-bond acceptors (Lipinski definition) is 3. The molecule has 1 heterocycles. The Morgan fingerprint density at radius 1 is 1.30 bits per heavy atom. The fourth-order valence-electron chi connectivity index (χ4n) is 3.10. The van der Waals surface area contributed by atoms with Crippen LogP contribution in [0.5, 0.6) is 0 Å². The van der Waals surface area contributed by atoms with Crippen LogP contribution >= 0.6 is 24.0 Å². The van der Waals surface area contributed by atoms with Crippen molar-refractivity contribution in [1.29, 1.82) is 0 Å². The first kappa shape index (κ1) is 26.9. The third-order valence-corrected chi connectivity index (χ3v) is 6.67. The van der Waals surface area contributed by atoms with E-state index in [0.717, 1.165) is 5.56 Å². The number of sulfonamides is 1. The van der Waals surface area contributed by atoms with Crippen molar-refractivity contribution >= 4 is 40.0 Å². The van der Waals surface area contributed by atoms with Gasteiger partial charge >= 0.3 is 15.5 Å². The zero-order valence-electron chi connectivity index (χ0n) is 17.0. The van der Waals surface area contributed by atoms with Crippen molar-refractivity contribution in [2.75, 3.05) is 26.7 Å². The molecular formula is C18H27F4IN4O2S. The molecule has 1 fully saturated rings. The molecule has 0 radical (unpaired) electrons. The first-order valence-electron chi connectivity index (χ1n) is 9.25. The van der Waals surface area contributed by atoms with Gasteiger partial charge in [-0.25, -0.2) is 12.8 Å². The van der Waals surface area contributed by atoms with Crippen molar-refractivity contribution in [3.05, 3.63) is 35.1 Å². The molecule has 0 aromatic heterocycles. The first-order chi connectivity index (χ1) is 13.5. The van der Waals surface area contributed by atoms with E-state index < -0.39 is 15.5 Å². The zero-order chi connectivity index (χ0) is 21.8. The molecule has 1 saturated heterocycles. The topological polar surface area (TPSA) is 73.8 Å². The largest absolute Gasteiger partial charge is 0.511 e. The monoisotopic (exact) mass is 566 g/mol. The van der Waals surface area contributed by atoms with Gasteiger partial charge in [-0.2, -0.15) is 17.5 Å². The van der Waals surface area contributed by atoms with Gasteiger partial charge in [-0.15, -0.1) is 24.0 Å². The van der Waals surface area contributed by atoms with E-state index >= 15 is 0 Å². The minimum atomic E-state index is -5.27. The summed E-state index contributed by atoms with van der Waals surface area (Å²) < 4.78 is 75.1. The third-order valence-electron chi connectivity index (χ3n) is 5.04. The van der Waals surface area contributed by atoms with E-state index in [1.807, 2.05) is 13.0 Å². The molecule has 0 amide bonds. The maximum atomic E-state index is 13.7. The van der Waals surface area contributed by atoms with Crippen molar-refractivity contribution in [2.24, 2.45) is 10.9 Å². The van der Waals surface area contributed by atoms with Crippen molar-refractivity contribution in [3.8, 4) is 0 Å². The molecule has 1 aromatic rings. The summed E-state index contributed by atoms with van der Waals surface area (Å²) in [5, 5.41) is 6.24. The van der Waals surface area contributed by atoms with Crippen molar-refractivity contribution < 1.29 is 26.0 Å². The SMILES string of the molecule is CN=C(NCC1CCN(S(=O)(=O)C(F)(F)F)CC1)NC(C)c1ccc(C)c(F)c1.I. The van der Waals surface area contributed by atoms with Crippen LogP contribution in [0.4, 0.5) is 17.6 Å². The van der Waals surface area contributed by atoms with Gasteiger partial charge in [0.25, 0.3) is 0 Å². The van der Waals surface area contributed by atoms with Crippen LogP contribution in [0.2, 0.25) is 0 Å². The van der Waals surface area contributed by atoms with E-state index in [0.29, 0.717) is 35.2 Å². The minimum Gasteiger partial charge on any atom is -0.356 e. The molecule has 1 aliphatic rings. The highest BCUT2D eigenvalue weighted by molar-refractivity contribution is 14.0. The quantitative estimate of drug-likeness (QED) is 0.248. The molecule has 2 rings (SSSR count). The van der Waals surface area contributed by atoms with Crippen LogP contribution in [0, 0.1) is 18.7 Å². The molecule has 0 aliphatic carbocycles. The lowest BCUT2D eigenvalue weighted by molar-refractivity contribution is -0.0496. The van der Waals surface area contributed by atoms with Crippen molar-refractivity contribution in [3.63, 3.8) is 0 Å². The Labute approximate surface area is 191 Å². The van der Waals surface area contributed by atoms with Gasteiger partial charge in [0.2, 0.25) is 0 Å². The first-order valence-corrected chi connectivity index (χ1v) is 10.7. The number of aliphatic imine (C=N–C) groups is 1. The summed E-state index contributed by atoms with van der Waals surface area (Å²) in [6, 6.07) is 4.76. The number of halogens is 5. The lowest BCUT2D eigenvalue weighted by Crippen LogP contribution is -2.47. The zero-order valence-corrected chi connectivity index (χ0v) is 20.1. The Morgan fingerprint density at radius 2 is 1.90 bits per heavy atom. The summed E-state index contributed by atoms with van der Waals surface area (Å²) >= 11 is 0. The predicted molar refractivity (Wildman–Crippen MR) is 119 cm³/mol. The van der Waals surface area contributed by atoms with Crippen LogP contribution < -0.4 is 10.6 Å². The molecule has 0 spiro atoms. The van der Waals surface area contributed by atoms with Gasteiger partial charge in [0.1, 0.15) is 5.82 Å². The number of hydrogen-bond donors (Lipinski definition) is 2. The normalized spacial score (nSPS) is 17.9. The fraction of sp³-hybridized carbons (Fsp3) is 0.611. The van der Waals surface area contributed by atoms with Gasteiger partial charge in [-0.3, -0.25) is 4.99 Å². The number of alkyl halides is 3. The van der Waals surface area contributed by atoms with Gasteiger partial charge in [-0.05, 0) is 49.8 Å². The van der Waals surface area contributed by atoms with E-state index in [1.54, 1.807) is 20.0 Å². The molecule has 0 bridgehead atoms. The summed E-state index contributed by atoms with van der Waals surface area (Å²) in [4.78, 5) is 4.11. The second kappa shape index (κ2) is 10.9. The lowest BCUT2D eigenvalue weighted by atomic mass is 9.98. The molecule has 1 unspecified atom stereocenters. The Bertz CT molecular complexity index is 841. The van der Waals surface area contributed by atoms with Crippen LogP contribution in [0.1, 0.15) is 36.9 Å². The fourth-order valence-corrected chi connectivity index (χ4v) is 4.09. The highest BCUT2D eigenvalue weighted by Crippen LogP contribution is 2.30. The number of benzene rings is 1. The smallest absolute Gasteiger partial charge is 0.356 e. The summed E-state index contributed by atoms with van der Waals surface area (Å²) in [6.45, 7) is 3.65. The Hall–Kier alpha value is -1.15. The molecule has 6 nitrogen and oxygen atoms in total. The van der Waals surface area contributed by atoms with Gasteiger partial charge in [0, 0.05) is 26.7 Å². The highest BCUT2D eigenvalue weighted by Gasteiger charge is 2.50. The number of aryl methyl sites for hydroxylation is 1. The number of piperidine rings is 1. The van der Waals surface area contributed by atoms with Crippen LogP contribution in [-0.2, 0) is 10.0 Å². The van der Waals surface area contributed by atoms with E-state index in [9.17, 15) is 26.0 Å². The lowest BCUT2D eigenvalue weighted by Gasteiger charge is -2.32. The molecule has 172 valence electrons. The average molecular weight is 566 g/mol. The van der Waals surface area contributed by atoms with Crippen LogP contribution in [0.25, 0.3) is 0 Å². The maximum Gasteiger partial charge on any atom is 0.511 e. The standard InChI is InChI=1S/C18H26F4N4O2S.HI/c1-12-4-5-15(10-16(12)19)13(2)25-17(23-3)24-11-14-6-8-26(9-7-14)29(27,28)18(20,21)22;/h4-5,10,13-14H,6-9,11H2,1-3H3,(H2,23,24,25);1H. The second-order valence-corrected chi connectivity index (χ2v) is 9.05. The molecule has 30 heavy (non-hydrogen) atoms. The molecule has 2 N–H and O–H groups in total. The van der Waals surface area contributed by atoms with Crippen LogP contribution in [0.3, 0.4) is 0 Å².